The molecule has 2 atom stereocenters. The van der Waals surface area contributed by atoms with Crippen LogP contribution in [0.15, 0.2) is 41.1 Å². The molecule has 6 heteroatoms. The van der Waals surface area contributed by atoms with Crippen LogP contribution >= 0.6 is 15.9 Å². The molecule has 2 unspecified atom stereocenters. The van der Waals surface area contributed by atoms with Crippen molar-refractivity contribution in [2.75, 3.05) is 31.6 Å². The molecule has 132 valence electrons. The minimum absolute atomic E-state index is 0.582. The summed E-state index contributed by atoms with van der Waals surface area (Å²) in [6.45, 7) is 4.24. The lowest BCUT2D eigenvalue weighted by Crippen LogP contribution is -2.48. The lowest BCUT2D eigenvalue weighted by atomic mass is 9.92. The quantitative estimate of drug-likeness (QED) is 0.783. The van der Waals surface area contributed by atoms with Crippen LogP contribution in [0.3, 0.4) is 0 Å². The van der Waals surface area contributed by atoms with Crippen molar-refractivity contribution in [1.29, 1.82) is 0 Å². The molecule has 5 nitrogen and oxygen atoms in total. The Labute approximate surface area is 157 Å². The lowest BCUT2D eigenvalue weighted by molar-refractivity contribution is 0.200. The van der Waals surface area contributed by atoms with Crippen LogP contribution < -0.4 is 9.64 Å². The summed E-state index contributed by atoms with van der Waals surface area (Å²) in [7, 11) is 1.64. The number of rotatable bonds is 4. The van der Waals surface area contributed by atoms with Crippen LogP contribution in [0.1, 0.15) is 18.4 Å². The number of fused-ring (bicyclic) bond motifs is 1. The maximum Gasteiger partial charge on any atom is 0.225 e. The van der Waals surface area contributed by atoms with Gasteiger partial charge in [-0.25, -0.2) is 9.97 Å². The zero-order valence-corrected chi connectivity index (χ0v) is 16.0. The normalized spacial score (nSPS) is 23.5. The van der Waals surface area contributed by atoms with Crippen molar-refractivity contribution in [2.45, 2.75) is 25.4 Å². The summed E-state index contributed by atoms with van der Waals surface area (Å²) in [4.78, 5) is 13.9. The standard InChI is InChI=1S/C19H23BrN4O/c1-25-17-10-21-19(22-11-17)24-8-6-15-5-7-23(18(15)13-24)12-14-3-2-4-16(20)9-14/h2-4,9-11,15,18H,5-8,12-13H2,1H3. The largest absolute Gasteiger partial charge is 0.494 e. The number of likely N-dealkylation sites (tertiary alicyclic amines) is 1. The van der Waals surface area contributed by atoms with E-state index in [0.29, 0.717) is 11.8 Å². The van der Waals surface area contributed by atoms with E-state index in [0.717, 1.165) is 36.0 Å². The maximum absolute atomic E-state index is 5.16. The third-order valence-electron chi connectivity index (χ3n) is 5.39. The third kappa shape index (κ3) is 3.65. The highest BCUT2D eigenvalue weighted by molar-refractivity contribution is 9.10. The molecule has 4 rings (SSSR count). The average molecular weight is 403 g/mol. The van der Waals surface area contributed by atoms with E-state index in [9.17, 15) is 0 Å². The van der Waals surface area contributed by atoms with Crippen molar-refractivity contribution in [2.24, 2.45) is 5.92 Å². The number of benzene rings is 1. The summed E-state index contributed by atoms with van der Waals surface area (Å²) < 4.78 is 6.31. The van der Waals surface area contributed by atoms with Crippen molar-refractivity contribution in [3.8, 4) is 5.75 Å². The molecule has 0 saturated carbocycles. The van der Waals surface area contributed by atoms with Crippen molar-refractivity contribution < 1.29 is 4.74 Å². The Kier molecular flexibility index (Phi) is 4.90. The first-order valence-electron chi connectivity index (χ1n) is 8.82. The second kappa shape index (κ2) is 7.30. The Hall–Kier alpha value is -1.66. The molecule has 2 aromatic rings. The number of halogens is 1. The Morgan fingerprint density at radius 1 is 1.20 bits per heavy atom. The van der Waals surface area contributed by atoms with Gasteiger partial charge in [0.05, 0.1) is 19.5 Å². The molecule has 1 aromatic heterocycles. The molecule has 2 aliphatic rings. The van der Waals surface area contributed by atoms with Gasteiger partial charge in [0.2, 0.25) is 5.95 Å². The van der Waals surface area contributed by atoms with Gasteiger partial charge in [0.1, 0.15) is 0 Å². The van der Waals surface area contributed by atoms with Crippen LogP contribution in [0.2, 0.25) is 0 Å². The van der Waals surface area contributed by atoms with Gasteiger partial charge in [-0.15, -0.1) is 0 Å². The summed E-state index contributed by atoms with van der Waals surface area (Å²) in [6, 6.07) is 9.22. The predicted molar refractivity (Wildman–Crippen MR) is 102 cm³/mol. The predicted octanol–water partition coefficient (Wildman–Crippen LogP) is 3.35. The molecule has 25 heavy (non-hydrogen) atoms. The minimum atomic E-state index is 0.582. The van der Waals surface area contributed by atoms with E-state index in [1.165, 1.54) is 24.9 Å². The number of hydrogen-bond acceptors (Lipinski definition) is 5. The molecule has 0 N–H and O–H groups in total. The zero-order chi connectivity index (χ0) is 17.2. The Bertz CT molecular complexity index is 724. The number of nitrogens with zero attached hydrogens (tertiary/aromatic N) is 4. The first kappa shape index (κ1) is 16.8. The van der Waals surface area contributed by atoms with E-state index in [1.54, 1.807) is 19.5 Å². The van der Waals surface area contributed by atoms with E-state index < -0.39 is 0 Å². The molecule has 0 radical (unpaired) electrons. The molecule has 2 aliphatic heterocycles. The number of hydrogen-bond donors (Lipinski definition) is 0. The van der Waals surface area contributed by atoms with Crippen LogP contribution in [0, 0.1) is 5.92 Å². The third-order valence-corrected chi connectivity index (χ3v) is 5.88. The highest BCUT2D eigenvalue weighted by atomic mass is 79.9. The van der Waals surface area contributed by atoms with E-state index >= 15 is 0 Å². The van der Waals surface area contributed by atoms with Crippen LogP contribution in [0.25, 0.3) is 0 Å². The molecule has 2 saturated heterocycles. The fourth-order valence-corrected chi connectivity index (χ4v) is 4.50. The van der Waals surface area contributed by atoms with Crippen LogP contribution in [0.4, 0.5) is 5.95 Å². The topological polar surface area (TPSA) is 41.5 Å². The summed E-state index contributed by atoms with van der Waals surface area (Å²) >= 11 is 3.58. The van der Waals surface area contributed by atoms with Gasteiger partial charge in [0.15, 0.2) is 5.75 Å². The van der Waals surface area contributed by atoms with Gasteiger partial charge in [0.25, 0.3) is 0 Å². The summed E-state index contributed by atoms with van der Waals surface area (Å²) in [5.41, 5.74) is 1.37. The average Bonchev–Trinajstić information content (AvgIpc) is 3.04. The van der Waals surface area contributed by atoms with Gasteiger partial charge < -0.3 is 9.64 Å². The molecule has 0 spiro atoms. The minimum Gasteiger partial charge on any atom is -0.494 e. The fraction of sp³-hybridized carbons (Fsp3) is 0.474. The highest BCUT2D eigenvalue weighted by Crippen LogP contribution is 2.34. The molecule has 0 aliphatic carbocycles. The maximum atomic E-state index is 5.16. The van der Waals surface area contributed by atoms with Crippen LogP contribution in [-0.2, 0) is 6.54 Å². The Morgan fingerprint density at radius 2 is 2.00 bits per heavy atom. The number of anilines is 1. The number of aromatic nitrogens is 2. The zero-order valence-electron chi connectivity index (χ0n) is 14.4. The smallest absolute Gasteiger partial charge is 0.225 e. The monoisotopic (exact) mass is 402 g/mol. The van der Waals surface area contributed by atoms with Gasteiger partial charge in [-0.2, -0.15) is 0 Å². The van der Waals surface area contributed by atoms with Crippen LogP contribution in [-0.4, -0.2) is 47.7 Å². The molecule has 0 amide bonds. The second-order valence-corrected chi connectivity index (χ2v) is 7.79. The lowest BCUT2D eigenvalue weighted by Gasteiger charge is -2.38. The van der Waals surface area contributed by atoms with Gasteiger partial charge in [-0.1, -0.05) is 28.1 Å². The summed E-state index contributed by atoms with van der Waals surface area (Å²) in [6.07, 6.45) is 6.02. The molecular formula is C19H23BrN4O. The van der Waals surface area contributed by atoms with Gasteiger partial charge in [0, 0.05) is 30.1 Å². The fourth-order valence-electron chi connectivity index (χ4n) is 4.05. The summed E-state index contributed by atoms with van der Waals surface area (Å²) in [5, 5.41) is 0. The van der Waals surface area contributed by atoms with E-state index in [4.69, 9.17) is 4.74 Å². The number of ether oxygens (including phenoxy) is 1. The SMILES string of the molecule is COc1cnc(N2CCC3CCN(Cc4cccc(Br)c4)C3C2)nc1. The van der Waals surface area contributed by atoms with Crippen LogP contribution in [0.5, 0.6) is 5.75 Å². The van der Waals surface area contributed by atoms with E-state index in [1.807, 2.05) is 0 Å². The van der Waals surface area contributed by atoms with E-state index in [-0.39, 0.29) is 0 Å². The Morgan fingerprint density at radius 3 is 2.76 bits per heavy atom. The molecule has 0 bridgehead atoms. The van der Waals surface area contributed by atoms with Gasteiger partial charge >= 0.3 is 0 Å². The van der Waals surface area contributed by atoms with Gasteiger partial charge in [-0.05, 0) is 43.0 Å². The first-order valence-corrected chi connectivity index (χ1v) is 9.62. The first-order chi connectivity index (χ1) is 12.2. The van der Waals surface area contributed by atoms with Crippen molar-refractivity contribution in [3.05, 3.63) is 46.7 Å². The molecule has 3 heterocycles. The van der Waals surface area contributed by atoms with E-state index in [2.05, 4.69) is 60.0 Å². The van der Waals surface area contributed by atoms with Crippen molar-refractivity contribution in [3.63, 3.8) is 0 Å². The van der Waals surface area contributed by atoms with Crippen molar-refractivity contribution in [1.82, 2.24) is 14.9 Å². The highest BCUT2D eigenvalue weighted by Gasteiger charge is 2.38. The molecule has 2 fully saturated rings. The molecule has 1 aromatic carbocycles. The Balaban J connectivity index is 1.46. The summed E-state index contributed by atoms with van der Waals surface area (Å²) in [5.74, 6) is 2.31. The number of piperidine rings is 1. The molecular weight excluding hydrogens is 380 g/mol. The van der Waals surface area contributed by atoms with Gasteiger partial charge in [-0.3, -0.25) is 4.90 Å². The number of methoxy groups -OCH3 is 1. The van der Waals surface area contributed by atoms with Crippen molar-refractivity contribution >= 4 is 21.9 Å². The second-order valence-electron chi connectivity index (χ2n) is 6.87.